The van der Waals surface area contributed by atoms with Crippen molar-refractivity contribution in [2.24, 2.45) is 5.73 Å². The van der Waals surface area contributed by atoms with Crippen LogP contribution in [0.5, 0.6) is 0 Å². The molecule has 1 aliphatic rings. The van der Waals surface area contributed by atoms with Crippen molar-refractivity contribution in [1.29, 1.82) is 0 Å². The molecule has 0 spiro atoms. The first kappa shape index (κ1) is 16.0. The number of hydrogen-bond acceptors (Lipinski definition) is 4. The average molecular weight is 306 g/mol. The molecule has 2 N–H and O–H groups in total. The first-order chi connectivity index (χ1) is 10.1. The van der Waals surface area contributed by atoms with Gasteiger partial charge in [0.05, 0.1) is 23.4 Å². The minimum atomic E-state index is -0.211. The third-order valence-electron chi connectivity index (χ3n) is 3.98. The molecule has 4 nitrogen and oxygen atoms in total. The van der Waals surface area contributed by atoms with Crippen LogP contribution in [0.3, 0.4) is 0 Å². The standard InChI is InChI=1S/C16H22N2O2S/c1-18(15(19)10-16(20-2)6-4-7-16)11-13-9-14(21-12-13)5-3-8-17/h9,12H,4,6-8,10-11,17H2,1-2H3. The van der Waals surface area contributed by atoms with Gasteiger partial charge in [-0.25, -0.2) is 0 Å². The Hall–Kier alpha value is -1.35. The maximum Gasteiger partial charge on any atom is 0.225 e. The van der Waals surface area contributed by atoms with E-state index in [1.807, 2.05) is 18.5 Å². The summed E-state index contributed by atoms with van der Waals surface area (Å²) in [5.41, 5.74) is 6.26. The van der Waals surface area contributed by atoms with Crippen LogP contribution in [-0.2, 0) is 16.1 Å². The predicted molar refractivity (Wildman–Crippen MR) is 84.9 cm³/mol. The number of hydrogen-bond donors (Lipinski definition) is 1. The van der Waals surface area contributed by atoms with Crippen LogP contribution in [0, 0.1) is 11.8 Å². The predicted octanol–water partition coefficient (Wildman–Crippen LogP) is 1.98. The Labute approximate surface area is 130 Å². The molecule has 1 saturated carbocycles. The van der Waals surface area contributed by atoms with Gasteiger partial charge in [0.15, 0.2) is 0 Å². The van der Waals surface area contributed by atoms with Crippen molar-refractivity contribution in [2.75, 3.05) is 20.7 Å². The summed E-state index contributed by atoms with van der Waals surface area (Å²) < 4.78 is 5.52. The quantitative estimate of drug-likeness (QED) is 0.846. The van der Waals surface area contributed by atoms with Crippen LogP contribution in [0.25, 0.3) is 0 Å². The number of amides is 1. The highest BCUT2D eigenvalue weighted by molar-refractivity contribution is 7.10. The fourth-order valence-electron chi connectivity index (χ4n) is 2.46. The Morgan fingerprint density at radius 1 is 1.57 bits per heavy atom. The van der Waals surface area contributed by atoms with E-state index in [0.717, 1.165) is 29.7 Å². The molecule has 5 heteroatoms. The molecular weight excluding hydrogens is 284 g/mol. The van der Waals surface area contributed by atoms with Crippen molar-refractivity contribution >= 4 is 17.2 Å². The van der Waals surface area contributed by atoms with E-state index in [1.165, 1.54) is 0 Å². The van der Waals surface area contributed by atoms with Gasteiger partial charge < -0.3 is 15.4 Å². The third kappa shape index (κ3) is 4.07. The lowest BCUT2D eigenvalue weighted by Gasteiger charge is -2.40. The Morgan fingerprint density at radius 3 is 2.90 bits per heavy atom. The molecule has 1 aliphatic carbocycles. The maximum absolute atomic E-state index is 12.3. The molecule has 114 valence electrons. The fraction of sp³-hybridized carbons (Fsp3) is 0.562. The molecule has 1 aromatic rings. The molecule has 0 unspecified atom stereocenters. The van der Waals surface area contributed by atoms with E-state index in [2.05, 4.69) is 11.8 Å². The van der Waals surface area contributed by atoms with Crippen molar-refractivity contribution in [3.63, 3.8) is 0 Å². The molecular formula is C16H22N2O2S. The lowest BCUT2D eigenvalue weighted by Crippen LogP contribution is -2.44. The number of thiophene rings is 1. The summed E-state index contributed by atoms with van der Waals surface area (Å²) in [6, 6.07) is 2.02. The first-order valence-corrected chi connectivity index (χ1v) is 8.02. The number of rotatable bonds is 5. The molecule has 1 amide bonds. The van der Waals surface area contributed by atoms with E-state index >= 15 is 0 Å². The van der Waals surface area contributed by atoms with Crippen molar-refractivity contribution in [2.45, 2.75) is 37.8 Å². The van der Waals surface area contributed by atoms with Gasteiger partial charge in [-0.2, -0.15) is 0 Å². The number of carbonyl (C=O) groups is 1. The fourth-order valence-corrected chi connectivity index (χ4v) is 3.23. The summed E-state index contributed by atoms with van der Waals surface area (Å²) in [7, 11) is 3.54. The highest BCUT2D eigenvalue weighted by atomic mass is 32.1. The molecule has 0 saturated heterocycles. The van der Waals surface area contributed by atoms with Gasteiger partial charge in [-0.1, -0.05) is 11.8 Å². The normalized spacial score (nSPS) is 15.8. The lowest BCUT2D eigenvalue weighted by atomic mass is 9.77. The van der Waals surface area contributed by atoms with Gasteiger partial charge in [-0.3, -0.25) is 4.79 Å². The van der Waals surface area contributed by atoms with E-state index in [1.54, 1.807) is 23.3 Å². The topological polar surface area (TPSA) is 55.6 Å². The van der Waals surface area contributed by atoms with Crippen LogP contribution in [0.4, 0.5) is 0 Å². The zero-order valence-electron chi connectivity index (χ0n) is 12.6. The second-order valence-electron chi connectivity index (χ2n) is 5.49. The van der Waals surface area contributed by atoms with Gasteiger partial charge in [0.25, 0.3) is 0 Å². The summed E-state index contributed by atoms with van der Waals surface area (Å²) >= 11 is 1.58. The smallest absolute Gasteiger partial charge is 0.225 e. The van der Waals surface area contributed by atoms with Crippen LogP contribution in [-0.4, -0.2) is 37.1 Å². The van der Waals surface area contributed by atoms with E-state index in [9.17, 15) is 4.79 Å². The summed E-state index contributed by atoms with van der Waals surface area (Å²) in [5.74, 6) is 5.99. The van der Waals surface area contributed by atoms with Gasteiger partial charge in [-0.15, -0.1) is 11.3 Å². The zero-order chi connectivity index (χ0) is 15.3. The maximum atomic E-state index is 12.3. The van der Waals surface area contributed by atoms with Gasteiger partial charge in [0.1, 0.15) is 0 Å². The van der Waals surface area contributed by atoms with Crippen LogP contribution in [0.2, 0.25) is 0 Å². The minimum absolute atomic E-state index is 0.136. The highest BCUT2D eigenvalue weighted by Crippen LogP contribution is 2.38. The molecule has 1 fully saturated rings. The van der Waals surface area contributed by atoms with Gasteiger partial charge in [0, 0.05) is 20.7 Å². The SMILES string of the molecule is COC1(CC(=O)N(C)Cc2csc(C#CCN)c2)CCC1. The van der Waals surface area contributed by atoms with E-state index < -0.39 is 0 Å². The number of ether oxygens (including phenoxy) is 1. The summed E-state index contributed by atoms with van der Waals surface area (Å²) in [4.78, 5) is 15.1. The molecule has 21 heavy (non-hydrogen) atoms. The monoisotopic (exact) mass is 306 g/mol. The number of nitrogens with zero attached hydrogens (tertiary/aromatic N) is 1. The van der Waals surface area contributed by atoms with Crippen molar-refractivity contribution in [3.05, 3.63) is 21.9 Å². The molecule has 1 aromatic heterocycles. The number of methoxy groups -OCH3 is 1. The molecule has 0 bridgehead atoms. The molecule has 0 aromatic carbocycles. The van der Waals surface area contributed by atoms with Crippen molar-refractivity contribution in [1.82, 2.24) is 4.90 Å². The van der Waals surface area contributed by atoms with Crippen LogP contribution in [0.15, 0.2) is 11.4 Å². The van der Waals surface area contributed by atoms with Gasteiger partial charge in [0.2, 0.25) is 5.91 Å². The highest BCUT2D eigenvalue weighted by Gasteiger charge is 2.39. The van der Waals surface area contributed by atoms with E-state index in [4.69, 9.17) is 10.5 Å². The zero-order valence-corrected chi connectivity index (χ0v) is 13.5. The molecule has 1 heterocycles. The number of nitrogens with two attached hydrogens (primary N) is 1. The molecule has 0 atom stereocenters. The summed E-state index contributed by atoms with van der Waals surface area (Å²) in [5, 5.41) is 2.04. The van der Waals surface area contributed by atoms with Crippen LogP contribution >= 0.6 is 11.3 Å². The van der Waals surface area contributed by atoms with E-state index in [-0.39, 0.29) is 11.5 Å². The largest absolute Gasteiger partial charge is 0.378 e. The molecule has 0 radical (unpaired) electrons. The third-order valence-corrected chi connectivity index (χ3v) is 4.88. The van der Waals surface area contributed by atoms with Crippen molar-refractivity contribution < 1.29 is 9.53 Å². The van der Waals surface area contributed by atoms with Crippen molar-refractivity contribution in [3.8, 4) is 11.8 Å². The first-order valence-electron chi connectivity index (χ1n) is 7.14. The second kappa shape index (κ2) is 7.08. The summed E-state index contributed by atoms with van der Waals surface area (Å²) in [6.07, 6.45) is 3.60. The van der Waals surface area contributed by atoms with E-state index in [0.29, 0.717) is 19.5 Å². The average Bonchev–Trinajstić information content (AvgIpc) is 2.87. The van der Waals surface area contributed by atoms with Gasteiger partial charge in [-0.05, 0) is 36.3 Å². The van der Waals surface area contributed by atoms with Crippen LogP contribution in [0.1, 0.15) is 36.1 Å². The lowest BCUT2D eigenvalue weighted by molar-refractivity contribution is -0.143. The summed E-state index contributed by atoms with van der Waals surface area (Å²) in [6.45, 7) is 0.976. The Kier molecular flexibility index (Phi) is 5.40. The Balaban J connectivity index is 1.89. The Morgan fingerprint density at radius 2 is 2.33 bits per heavy atom. The Bertz CT molecular complexity index is 547. The van der Waals surface area contributed by atoms with Crippen LogP contribution < -0.4 is 5.73 Å². The molecule has 0 aliphatic heterocycles. The second-order valence-corrected chi connectivity index (χ2v) is 6.40. The number of carbonyl (C=O) groups excluding carboxylic acids is 1. The van der Waals surface area contributed by atoms with Gasteiger partial charge >= 0.3 is 0 Å². The molecule has 2 rings (SSSR count). The minimum Gasteiger partial charge on any atom is -0.378 e.